The summed E-state index contributed by atoms with van der Waals surface area (Å²) in [5.41, 5.74) is 0. The van der Waals surface area contributed by atoms with Crippen LogP contribution in [0.1, 0.15) is 19.3 Å². The van der Waals surface area contributed by atoms with E-state index in [9.17, 15) is 0 Å². The maximum atomic E-state index is 6.79. The molecule has 0 amide bonds. The van der Waals surface area contributed by atoms with Crippen molar-refractivity contribution in [3.8, 4) is 0 Å². The van der Waals surface area contributed by atoms with Crippen LogP contribution in [-0.4, -0.2) is 42.3 Å². The number of rotatable bonds is 11. The molecule has 29 heavy (non-hydrogen) atoms. The van der Waals surface area contributed by atoms with E-state index in [2.05, 4.69) is 84.2 Å². The minimum atomic E-state index is -2.32. The predicted molar refractivity (Wildman–Crippen MR) is 136 cm³/mol. The molecule has 2 aliphatic rings. The van der Waals surface area contributed by atoms with Crippen LogP contribution in [0, 0.1) is 17.8 Å². The van der Waals surface area contributed by atoms with Gasteiger partial charge < -0.3 is 16.5 Å². The van der Waals surface area contributed by atoms with Crippen LogP contribution in [0.15, 0.2) is 12.2 Å². The van der Waals surface area contributed by atoms with Gasteiger partial charge in [0.25, 0.3) is 0 Å². The molecule has 0 saturated heterocycles. The molecule has 0 heterocycles. The molecule has 0 N–H and O–H groups in total. The minimum Gasteiger partial charge on any atom is -0.437 e. The number of allylic oxidation sites excluding steroid dienone is 2. The Morgan fingerprint density at radius 2 is 1.17 bits per heavy atom. The van der Waals surface area contributed by atoms with E-state index in [4.69, 9.17) is 16.5 Å². The lowest BCUT2D eigenvalue weighted by molar-refractivity contribution is 0.298. The standard InChI is InChI=1S/C20H46O4Si5/c1-25(2,3)21-27(6,7)23-29(10,11)24-28(8,9)22-26(4,5)15-14-20-17-18-12-13-19(20)16-18/h12-13,18-20H,14-17H2,1-11H3. The highest BCUT2D eigenvalue weighted by Crippen LogP contribution is 2.46. The molecule has 3 atom stereocenters. The second kappa shape index (κ2) is 8.89. The van der Waals surface area contributed by atoms with Crippen molar-refractivity contribution in [3.63, 3.8) is 0 Å². The molecule has 0 aromatic carbocycles. The SMILES string of the molecule is C[Si](C)(C)O[Si](C)(C)O[Si](C)(C)O[Si](C)(C)O[Si](C)(C)CCC1CC2C=CC1C2. The Kier molecular flexibility index (Phi) is 7.95. The van der Waals surface area contributed by atoms with Gasteiger partial charge in [-0.1, -0.05) is 18.6 Å². The molecule has 1 fully saturated rings. The highest BCUT2D eigenvalue weighted by molar-refractivity contribution is 6.90. The maximum absolute atomic E-state index is 6.79. The molecule has 2 aliphatic carbocycles. The van der Waals surface area contributed by atoms with Gasteiger partial charge in [0.2, 0.25) is 0 Å². The third-order valence-electron chi connectivity index (χ3n) is 5.59. The fourth-order valence-electron chi connectivity index (χ4n) is 5.46. The van der Waals surface area contributed by atoms with Gasteiger partial charge in [-0.05, 0) is 109 Å². The van der Waals surface area contributed by atoms with Crippen LogP contribution in [0.5, 0.6) is 0 Å². The van der Waals surface area contributed by atoms with Crippen LogP contribution in [0.2, 0.25) is 78.1 Å². The highest BCUT2D eigenvalue weighted by Gasteiger charge is 2.45. The third-order valence-corrected chi connectivity index (χ3v) is 23.5. The van der Waals surface area contributed by atoms with Crippen LogP contribution in [0.4, 0.5) is 0 Å². The van der Waals surface area contributed by atoms with Gasteiger partial charge in [0, 0.05) is 0 Å². The fourth-order valence-corrected chi connectivity index (χ4v) is 29.3. The molecule has 2 bridgehead atoms. The van der Waals surface area contributed by atoms with Gasteiger partial charge in [0.05, 0.1) is 0 Å². The van der Waals surface area contributed by atoms with Crippen molar-refractivity contribution in [2.75, 3.05) is 0 Å². The Balaban J connectivity index is 1.88. The molecular weight excluding hydrogens is 445 g/mol. The summed E-state index contributed by atoms with van der Waals surface area (Å²) < 4.78 is 26.4. The Morgan fingerprint density at radius 3 is 1.62 bits per heavy atom. The van der Waals surface area contributed by atoms with Crippen molar-refractivity contribution < 1.29 is 16.5 Å². The molecule has 0 spiro atoms. The van der Waals surface area contributed by atoms with Gasteiger partial charge in [-0.15, -0.1) is 0 Å². The summed E-state index contributed by atoms with van der Waals surface area (Å²) in [6, 6.07) is 1.23. The summed E-state index contributed by atoms with van der Waals surface area (Å²) in [6.07, 6.45) is 9.01. The van der Waals surface area contributed by atoms with Crippen molar-refractivity contribution in [2.24, 2.45) is 17.8 Å². The second-order valence-corrected chi connectivity index (χ2v) is 32.0. The zero-order valence-electron chi connectivity index (χ0n) is 20.8. The normalized spacial score (nSPS) is 25.8. The van der Waals surface area contributed by atoms with E-state index in [0.29, 0.717) is 0 Å². The molecule has 4 nitrogen and oxygen atoms in total. The monoisotopic (exact) mass is 490 g/mol. The van der Waals surface area contributed by atoms with Crippen LogP contribution >= 0.6 is 0 Å². The van der Waals surface area contributed by atoms with Crippen molar-refractivity contribution in [1.82, 2.24) is 0 Å². The van der Waals surface area contributed by atoms with Crippen LogP contribution in [0.3, 0.4) is 0 Å². The summed E-state index contributed by atoms with van der Waals surface area (Å²) in [7, 11) is -10.2. The number of hydrogen-bond acceptors (Lipinski definition) is 4. The van der Waals surface area contributed by atoms with E-state index < -0.39 is 42.3 Å². The Labute approximate surface area is 185 Å². The molecule has 1 saturated carbocycles. The first-order valence-corrected chi connectivity index (χ1v) is 26.3. The minimum absolute atomic E-state index is 0.838. The van der Waals surface area contributed by atoms with Gasteiger partial charge in [-0.25, -0.2) is 0 Å². The van der Waals surface area contributed by atoms with Crippen LogP contribution < -0.4 is 0 Å². The zero-order chi connectivity index (χ0) is 22.3. The molecule has 3 unspecified atom stereocenters. The molecule has 0 aliphatic heterocycles. The molecule has 0 aromatic rings. The molecule has 2 rings (SSSR count). The Hall–Kier alpha value is 0.664. The largest absolute Gasteiger partial charge is 0.437 e. The molecule has 0 radical (unpaired) electrons. The molecule has 170 valence electrons. The van der Waals surface area contributed by atoms with Crippen molar-refractivity contribution >= 4 is 42.3 Å². The Morgan fingerprint density at radius 1 is 0.655 bits per heavy atom. The Bertz CT molecular complexity index is 598. The molecular formula is C20H46O4Si5. The summed E-state index contributed by atoms with van der Waals surface area (Å²) in [5, 5.41) is 0. The van der Waals surface area contributed by atoms with Crippen molar-refractivity contribution in [1.29, 1.82) is 0 Å². The van der Waals surface area contributed by atoms with Gasteiger partial charge in [0.1, 0.15) is 0 Å². The van der Waals surface area contributed by atoms with E-state index in [1.165, 1.54) is 25.3 Å². The van der Waals surface area contributed by atoms with E-state index in [0.717, 1.165) is 17.8 Å². The van der Waals surface area contributed by atoms with E-state index in [1.54, 1.807) is 0 Å². The zero-order valence-corrected chi connectivity index (χ0v) is 25.8. The van der Waals surface area contributed by atoms with Crippen LogP contribution in [0.25, 0.3) is 0 Å². The average molecular weight is 491 g/mol. The highest BCUT2D eigenvalue weighted by atomic mass is 28.5. The van der Waals surface area contributed by atoms with Gasteiger partial charge in [-0.2, -0.15) is 0 Å². The third kappa shape index (κ3) is 8.97. The van der Waals surface area contributed by atoms with Crippen LogP contribution in [-0.2, 0) is 16.5 Å². The number of hydrogen-bond donors (Lipinski definition) is 0. The first-order chi connectivity index (χ1) is 12.9. The topological polar surface area (TPSA) is 36.9 Å². The summed E-state index contributed by atoms with van der Waals surface area (Å²) in [4.78, 5) is 0. The predicted octanol–water partition coefficient (Wildman–Crippen LogP) is 6.80. The van der Waals surface area contributed by atoms with Gasteiger partial charge >= 0.3 is 25.7 Å². The quantitative estimate of drug-likeness (QED) is 0.236. The molecule has 9 heteroatoms. The first kappa shape index (κ1) is 25.9. The number of fused-ring (bicyclic) bond motifs is 2. The first-order valence-electron chi connectivity index (χ1n) is 11.4. The maximum Gasteiger partial charge on any atom is 0.314 e. The average Bonchev–Trinajstić information content (AvgIpc) is 3.00. The van der Waals surface area contributed by atoms with Crippen molar-refractivity contribution in [2.45, 2.75) is 97.3 Å². The molecule has 0 aromatic heterocycles. The lowest BCUT2D eigenvalue weighted by Crippen LogP contribution is -2.58. The summed E-state index contributed by atoms with van der Waals surface area (Å²) >= 11 is 0. The van der Waals surface area contributed by atoms with E-state index >= 15 is 0 Å². The smallest absolute Gasteiger partial charge is 0.314 e. The van der Waals surface area contributed by atoms with Gasteiger partial charge in [-0.3, -0.25) is 0 Å². The summed E-state index contributed by atoms with van der Waals surface area (Å²) in [5.74, 6) is 2.58. The lowest BCUT2D eigenvalue weighted by Gasteiger charge is -2.42. The second-order valence-electron chi connectivity index (χ2n) is 12.1. The van der Waals surface area contributed by atoms with Gasteiger partial charge in [0.15, 0.2) is 16.6 Å². The van der Waals surface area contributed by atoms with E-state index in [1.807, 2.05) is 0 Å². The fraction of sp³-hybridized carbons (Fsp3) is 0.900. The lowest BCUT2D eigenvalue weighted by atomic mass is 9.91. The summed E-state index contributed by atoms with van der Waals surface area (Å²) in [6.45, 7) is 24.4. The van der Waals surface area contributed by atoms with Crippen molar-refractivity contribution in [3.05, 3.63) is 12.2 Å². The van der Waals surface area contributed by atoms with E-state index in [-0.39, 0.29) is 0 Å².